The van der Waals surface area contributed by atoms with E-state index in [-0.39, 0.29) is 5.54 Å². The van der Waals surface area contributed by atoms with Crippen LogP contribution in [0.2, 0.25) is 0 Å². The SMILES string of the molecule is CCC(C)(C)NCC(C)N1CCN(c2ccccn2)CC1. The van der Waals surface area contributed by atoms with Crippen LogP contribution in [0.15, 0.2) is 24.4 Å². The van der Waals surface area contributed by atoms with E-state index < -0.39 is 0 Å². The van der Waals surface area contributed by atoms with Crippen LogP contribution in [0.4, 0.5) is 5.82 Å². The number of pyridine rings is 1. The van der Waals surface area contributed by atoms with Crippen molar-refractivity contribution in [2.24, 2.45) is 0 Å². The van der Waals surface area contributed by atoms with E-state index in [1.807, 2.05) is 12.3 Å². The molecule has 0 aromatic carbocycles. The molecule has 1 atom stereocenters. The summed E-state index contributed by atoms with van der Waals surface area (Å²) in [5.41, 5.74) is 0.240. The van der Waals surface area contributed by atoms with E-state index in [4.69, 9.17) is 0 Å². The number of hydrogen-bond donors (Lipinski definition) is 1. The number of rotatable bonds is 6. The van der Waals surface area contributed by atoms with Crippen LogP contribution in [0.5, 0.6) is 0 Å². The van der Waals surface area contributed by atoms with E-state index in [0.29, 0.717) is 6.04 Å². The molecule has 1 aromatic rings. The third-order valence-corrected chi connectivity index (χ3v) is 4.67. The van der Waals surface area contributed by atoms with Gasteiger partial charge in [0.2, 0.25) is 0 Å². The van der Waals surface area contributed by atoms with E-state index in [9.17, 15) is 0 Å². The van der Waals surface area contributed by atoms with Gasteiger partial charge in [-0.2, -0.15) is 0 Å². The molecule has 0 spiro atoms. The molecule has 1 saturated heterocycles. The number of nitrogens with one attached hydrogen (secondary N) is 1. The molecule has 0 amide bonds. The molecule has 4 nitrogen and oxygen atoms in total. The van der Waals surface area contributed by atoms with E-state index in [0.717, 1.165) is 45.0 Å². The van der Waals surface area contributed by atoms with E-state index in [1.54, 1.807) is 0 Å². The van der Waals surface area contributed by atoms with Crippen molar-refractivity contribution >= 4 is 5.82 Å². The van der Waals surface area contributed by atoms with Gasteiger partial charge in [0, 0.05) is 50.5 Å². The van der Waals surface area contributed by atoms with Gasteiger partial charge in [-0.15, -0.1) is 0 Å². The summed E-state index contributed by atoms with van der Waals surface area (Å²) in [6.45, 7) is 14.6. The van der Waals surface area contributed by atoms with Crippen LogP contribution in [0.25, 0.3) is 0 Å². The lowest BCUT2D eigenvalue weighted by Crippen LogP contribution is -2.54. The smallest absolute Gasteiger partial charge is 0.128 e. The maximum Gasteiger partial charge on any atom is 0.128 e. The summed E-state index contributed by atoms with van der Waals surface area (Å²) in [4.78, 5) is 9.41. The topological polar surface area (TPSA) is 31.4 Å². The van der Waals surface area contributed by atoms with Gasteiger partial charge in [-0.3, -0.25) is 4.90 Å². The molecule has 2 rings (SSSR count). The zero-order valence-corrected chi connectivity index (χ0v) is 14.0. The van der Waals surface area contributed by atoms with Gasteiger partial charge < -0.3 is 10.2 Å². The summed E-state index contributed by atoms with van der Waals surface area (Å²) in [5.74, 6) is 1.11. The van der Waals surface area contributed by atoms with E-state index in [2.05, 4.69) is 59.9 Å². The number of nitrogens with zero attached hydrogens (tertiary/aromatic N) is 3. The predicted molar refractivity (Wildman–Crippen MR) is 89.9 cm³/mol. The molecule has 0 aliphatic carbocycles. The minimum Gasteiger partial charge on any atom is -0.354 e. The first kappa shape index (κ1) is 16.2. The summed E-state index contributed by atoms with van der Waals surface area (Å²) in [7, 11) is 0. The number of hydrogen-bond acceptors (Lipinski definition) is 4. The number of aromatic nitrogens is 1. The molecule has 21 heavy (non-hydrogen) atoms. The molecule has 0 bridgehead atoms. The Kier molecular flexibility index (Phi) is 5.59. The van der Waals surface area contributed by atoms with Gasteiger partial charge in [-0.05, 0) is 39.3 Å². The van der Waals surface area contributed by atoms with E-state index in [1.165, 1.54) is 0 Å². The molecule has 118 valence electrons. The highest BCUT2D eigenvalue weighted by molar-refractivity contribution is 5.38. The quantitative estimate of drug-likeness (QED) is 0.871. The molecular formula is C17H30N4. The standard InChI is InChI=1S/C17H30N4/c1-5-17(3,4)19-14-15(2)20-10-12-21(13-11-20)16-8-6-7-9-18-16/h6-9,15,19H,5,10-14H2,1-4H3. The minimum atomic E-state index is 0.240. The monoisotopic (exact) mass is 290 g/mol. The fourth-order valence-electron chi connectivity index (χ4n) is 2.61. The van der Waals surface area contributed by atoms with Crippen molar-refractivity contribution < 1.29 is 0 Å². The highest BCUT2D eigenvalue weighted by atomic mass is 15.3. The molecule has 0 saturated carbocycles. The van der Waals surface area contributed by atoms with Gasteiger partial charge in [0.25, 0.3) is 0 Å². The fourth-order valence-corrected chi connectivity index (χ4v) is 2.61. The lowest BCUT2D eigenvalue weighted by Gasteiger charge is -2.39. The van der Waals surface area contributed by atoms with Crippen LogP contribution >= 0.6 is 0 Å². The van der Waals surface area contributed by atoms with Gasteiger partial charge >= 0.3 is 0 Å². The predicted octanol–water partition coefficient (Wildman–Crippen LogP) is 2.37. The molecule has 1 aliphatic rings. The molecule has 2 heterocycles. The van der Waals surface area contributed by atoms with Crippen molar-refractivity contribution in [2.45, 2.75) is 45.7 Å². The molecule has 1 aromatic heterocycles. The molecule has 1 unspecified atom stereocenters. The third kappa shape index (κ3) is 4.68. The third-order valence-electron chi connectivity index (χ3n) is 4.67. The van der Waals surface area contributed by atoms with Gasteiger partial charge in [0.15, 0.2) is 0 Å². The van der Waals surface area contributed by atoms with Crippen molar-refractivity contribution in [3.05, 3.63) is 24.4 Å². The van der Waals surface area contributed by atoms with Crippen LogP contribution in [-0.4, -0.2) is 54.2 Å². The zero-order valence-electron chi connectivity index (χ0n) is 14.0. The van der Waals surface area contributed by atoms with Gasteiger partial charge in [-0.1, -0.05) is 13.0 Å². The zero-order chi connectivity index (χ0) is 15.3. The molecule has 1 fully saturated rings. The fraction of sp³-hybridized carbons (Fsp3) is 0.706. The largest absolute Gasteiger partial charge is 0.354 e. The highest BCUT2D eigenvalue weighted by Gasteiger charge is 2.23. The molecule has 1 aliphatic heterocycles. The first-order valence-corrected chi connectivity index (χ1v) is 8.17. The van der Waals surface area contributed by atoms with Crippen molar-refractivity contribution in [3.8, 4) is 0 Å². The normalized spacial score (nSPS) is 18.8. The molecule has 4 heteroatoms. The average Bonchev–Trinajstić information content (AvgIpc) is 2.54. The Balaban J connectivity index is 1.78. The van der Waals surface area contributed by atoms with Crippen molar-refractivity contribution in [3.63, 3.8) is 0 Å². The Hall–Kier alpha value is -1.13. The summed E-state index contributed by atoms with van der Waals surface area (Å²) in [5, 5.41) is 3.68. The first-order chi connectivity index (χ1) is 10.0. The maximum absolute atomic E-state index is 4.45. The Labute approximate surface area is 129 Å². The van der Waals surface area contributed by atoms with Crippen LogP contribution in [-0.2, 0) is 0 Å². The molecule has 1 N–H and O–H groups in total. The average molecular weight is 290 g/mol. The number of anilines is 1. The van der Waals surface area contributed by atoms with Crippen molar-refractivity contribution in [1.82, 2.24) is 15.2 Å². The second-order valence-electron chi connectivity index (χ2n) is 6.68. The second kappa shape index (κ2) is 7.23. The summed E-state index contributed by atoms with van der Waals surface area (Å²) in [6.07, 6.45) is 3.04. The second-order valence-corrected chi connectivity index (χ2v) is 6.68. The van der Waals surface area contributed by atoms with Gasteiger partial charge in [-0.25, -0.2) is 4.98 Å². The van der Waals surface area contributed by atoms with Crippen LogP contribution < -0.4 is 10.2 Å². The van der Waals surface area contributed by atoms with Gasteiger partial charge in [0.05, 0.1) is 0 Å². The van der Waals surface area contributed by atoms with Crippen molar-refractivity contribution in [1.29, 1.82) is 0 Å². The Morgan fingerprint density at radius 1 is 1.24 bits per heavy atom. The Morgan fingerprint density at radius 3 is 2.52 bits per heavy atom. The first-order valence-electron chi connectivity index (χ1n) is 8.17. The van der Waals surface area contributed by atoms with Crippen LogP contribution in [0.3, 0.4) is 0 Å². The Bertz CT molecular complexity index is 410. The van der Waals surface area contributed by atoms with Gasteiger partial charge in [0.1, 0.15) is 5.82 Å². The van der Waals surface area contributed by atoms with Crippen LogP contribution in [0, 0.1) is 0 Å². The van der Waals surface area contributed by atoms with Crippen LogP contribution in [0.1, 0.15) is 34.1 Å². The maximum atomic E-state index is 4.45. The highest BCUT2D eigenvalue weighted by Crippen LogP contribution is 2.14. The minimum absolute atomic E-state index is 0.240. The summed E-state index contributed by atoms with van der Waals surface area (Å²) < 4.78 is 0. The van der Waals surface area contributed by atoms with Crippen molar-refractivity contribution in [2.75, 3.05) is 37.6 Å². The lowest BCUT2D eigenvalue weighted by atomic mass is 10.0. The summed E-state index contributed by atoms with van der Waals surface area (Å²) in [6, 6.07) is 6.73. The molecule has 0 radical (unpaired) electrons. The lowest BCUT2D eigenvalue weighted by molar-refractivity contribution is 0.181. The molecular weight excluding hydrogens is 260 g/mol. The Morgan fingerprint density at radius 2 is 1.95 bits per heavy atom. The van der Waals surface area contributed by atoms with E-state index >= 15 is 0 Å². The summed E-state index contributed by atoms with van der Waals surface area (Å²) >= 11 is 0. The number of piperazine rings is 1.